The first kappa shape index (κ1) is 19.8. The van der Waals surface area contributed by atoms with E-state index in [1.54, 1.807) is 7.11 Å². The van der Waals surface area contributed by atoms with Crippen molar-refractivity contribution >= 4 is 0 Å². The fourth-order valence-electron chi connectivity index (χ4n) is 3.83. The zero-order chi connectivity index (χ0) is 19.1. The minimum atomic E-state index is 0.445. The molecule has 3 rings (SSSR count). The molecular weight excluding hydrogens is 334 g/mol. The molecule has 0 amide bonds. The van der Waals surface area contributed by atoms with Crippen LogP contribution in [0.4, 0.5) is 0 Å². The number of nitrogens with zero attached hydrogens (tertiary/aromatic N) is 1. The number of likely N-dealkylation sites (tertiary alicyclic amines) is 1. The molecule has 0 bridgehead atoms. The van der Waals surface area contributed by atoms with E-state index in [1.165, 1.54) is 43.5 Å². The standard InChI is InChI=1S/C24H33NO2/c1-19(21-7-11-23(26-3)12-8-21)20(2)22-9-13-24(14-10-22)27-18-17-25-15-5-4-6-16-25/h7-14,19-20H,4-6,15-18H2,1-3H3. The average molecular weight is 368 g/mol. The molecule has 1 saturated heterocycles. The largest absolute Gasteiger partial charge is 0.497 e. The van der Waals surface area contributed by atoms with Crippen LogP contribution in [-0.4, -0.2) is 38.3 Å². The summed E-state index contributed by atoms with van der Waals surface area (Å²) >= 11 is 0. The highest BCUT2D eigenvalue weighted by Gasteiger charge is 2.16. The van der Waals surface area contributed by atoms with Crippen LogP contribution in [0.15, 0.2) is 48.5 Å². The van der Waals surface area contributed by atoms with Gasteiger partial charge in [0.2, 0.25) is 0 Å². The van der Waals surface area contributed by atoms with Crippen LogP contribution < -0.4 is 9.47 Å². The smallest absolute Gasteiger partial charge is 0.119 e. The van der Waals surface area contributed by atoms with E-state index in [2.05, 4.69) is 55.1 Å². The third-order valence-corrected chi connectivity index (χ3v) is 5.92. The third kappa shape index (κ3) is 5.49. The van der Waals surface area contributed by atoms with E-state index in [1.807, 2.05) is 12.1 Å². The SMILES string of the molecule is COc1ccc(C(C)C(C)c2ccc(OCCN3CCCCC3)cc2)cc1. The molecule has 0 saturated carbocycles. The van der Waals surface area contributed by atoms with Gasteiger partial charge in [0.1, 0.15) is 18.1 Å². The Morgan fingerprint density at radius 2 is 1.30 bits per heavy atom. The van der Waals surface area contributed by atoms with Crippen LogP contribution in [0.3, 0.4) is 0 Å². The number of hydrogen-bond acceptors (Lipinski definition) is 3. The lowest BCUT2D eigenvalue weighted by atomic mass is 9.84. The van der Waals surface area contributed by atoms with Crippen LogP contribution in [0, 0.1) is 0 Å². The number of benzene rings is 2. The van der Waals surface area contributed by atoms with Gasteiger partial charge < -0.3 is 9.47 Å². The van der Waals surface area contributed by atoms with Crippen molar-refractivity contribution in [1.82, 2.24) is 4.90 Å². The van der Waals surface area contributed by atoms with Gasteiger partial charge in [-0.15, -0.1) is 0 Å². The molecule has 0 spiro atoms. The highest BCUT2D eigenvalue weighted by atomic mass is 16.5. The van der Waals surface area contributed by atoms with Gasteiger partial charge in [-0.1, -0.05) is 44.5 Å². The molecule has 2 aromatic carbocycles. The highest BCUT2D eigenvalue weighted by molar-refractivity contribution is 5.34. The zero-order valence-corrected chi connectivity index (χ0v) is 17.0. The third-order valence-electron chi connectivity index (χ3n) is 5.92. The number of hydrogen-bond donors (Lipinski definition) is 0. The molecule has 1 aliphatic rings. The second-order valence-electron chi connectivity index (χ2n) is 7.67. The van der Waals surface area contributed by atoms with Gasteiger partial charge in [-0.3, -0.25) is 4.90 Å². The molecule has 2 aromatic rings. The van der Waals surface area contributed by atoms with E-state index in [4.69, 9.17) is 9.47 Å². The van der Waals surface area contributed by atoms with Crippen LogP contribution in [0.25, 0.3) is 0 Å². The molecule has 3 nitrogen and oxygen atoms in total. The molecule has 2 unspecified atom stereocenters. The van der Waals surface area contributed by atoms with Crippen molar-refractivity contribution in [3.05, 3.63) is 59.7 Å². The topological polar surface area (TPSA) is 21.7 Å². The molecule has 0 radical (unpaired) electrons. The van der Waals surface area contributed by atoms with Crippen LogP contribution in [0.2, 0.25) is 0 Å². The first-order valence-electron chi connectivity index (χ1n) is 10.3. The molecule has 0 aromatic heterocycles. The summed E-state index contributed by atoms with van der Waals surface area (Å²) in [5, 5.41) is 0. The maximum atomic E-state index is 5.96. The summed E-state index contributed by atoms with van der Waals surface area (Å²) in [6.45, 7) is 8.84. The fraction of sp³-hybridized carbons (Fsp3) is 0.500. The molecule has 1 heterocycles. The molecule has 3 heteroatoms. The summed E-state index contributed by atoms with van der Waals surface area (Å²) in [7, 11) is 1.71. The van der Waals surface area contributed by atoms with Gasteiger partial charge in [-0.2, -0.15) is 0 Å². The number of rotatable bonds is 8. The zero-order valence-electron chi connectivity index (χ0n) is 17.0. The van der Waals surface area contributed by atoms with Crippen LogP contribution in [-0.2, 0) is 0 Å². The van der Waals surface area contributed by atoms with Crippen LogP contribution >= 0.6 is 0 Å². The summed E-state index contributed by atoms with van der Waals surface area (Å²) < 4.78 is 11.2. The van der Waals surface area contributed by atoms with Gasteiger partial charge in [-0.25, -0.2) is 0 Å². The van der Waals surface area contributed by atoms with Crippen LogP contribution in [0.5, 0.6) is 11.5 Å². The van der Waals surface area contributed by atoms with Gasteiger partial charge in [0.15, 0.2) is 0 Å². The lowest BCUT2D eigenvalue weighted by Crippen LogP contribution is -2.33. The normalized spacial score (nSPS) is 17.3. The molecule has 2 atom stereocenters. The Morgan fingerprint density at radius 3 is 1.81 bits per heavy atom. The van der Waals surface area contributed by atoms with Crippen molar-refractivity contribution in [1.29, 1.82) is 0 Å². The van der Waals surface area contributed by atoms with Crippen LogP contribution in [0.1, 0.15) is 56.1 Å². The Balaban J connectivity index is 1.52. The first-order valence-corrected chi connectivity index (χ1v) is 10.3. The average Bonchev–Trinajstić information content (AvgIpc) is 2.74. The Bertz CT molecular complexity index is 675. The van der Waals surface area contributed by atoms with E-state index in [-0.39, 0.29) is 0 Å². The van der Waals surface area contributed by atoms with E-state index in [9.17, 15) is 0 Å². The minimum Gasteiger partial charge on any atom is -0.497 e. The Labute approximate surface area is 164 Å². The van der Waals surface area contributed by atoms with Crippen molar-refractivity contribution in [3.63, 3.8) is 0 Å². The van der Waals surface area contributed by atoms with E-state index < -0.39 is 0 Å². The van der Waals surface area contributed by atoms with Crippen molar-refractivity contribution < 1.29 is 9.47 Å². The number of ether oxygens (including phenoxy) is 2. The Morgan fingerprint density at radius 1 is 0.778 bits per heavy atom. The Hall–Kier alpha value is -2.00. The second kappa shape index (κ2) is 9.80. The minimum absolute atomic E-state index is 0.445. The van der Waals surface area contributed by atoms with Crippen molar-refractivity contribution in [3.8, 4) is 11.5 Å². The summed E-state index contributed by atoms with van der Waals surface area (Å²) in [4.78, 5) is 2.51. The lowest BCUT2D eigenvalue weighted by molar-refractivity contribution is 0.183. The van der Waals surface area contributed by atoms with Gasteiger partial charge >= 0.3 is 0 Å². The van der Waals surface area contributed by atoms with E-state index >= 15 is 0 Å². The quantitative estimate of drug-likeness (QED) is 0.618. The number of piperidine rings is 1. The van der Waals surface area contributed by atoms with Gasteiger partial charge in [0.05, 0.1) is 7.11 Å². The van der Waals surface area contributed by atoms with Crippen molar-refractivity contribution in [2.24, 2.45) is 0 Å². The first-order chi connectivity index (χ1) is 13.2. The maximum Gasteiger partial charge on any atom is 0.119 e. The molecule has 0 N–H and O–H groups in total. The van der Waals surface area contributed by atoms with E-state index in [0.717, 1.165) is 24.7 Å². The Kier molecular flexibility index (Phi) is 7.17. The summed E-state index contributed by atoms with van der Waals surface area (Å²) in [5.41, 5.74) is 2.69. The second-order valence-corrected chi connectivity index (χ2v) is 7.67. The van der Waals surface area contributed by atoms with Gasteiger partial charge in [0.25, 0.3) is 0 Å². The van der Waals surface area contributed by atoms with Gasteiger partial charge in [-0.05, 0) is 73.2 Å². The lowest BCUT2D eigenvalue weighted by Gasteiger charge is -2.26. The fourth-order valence-corrected chi connectivity index (χ4v) is 3.83. The predicted octanol–water partition coefficient (Wildman–Crippen LogP) is 5.47. The van der Waals surface area contributed by atoms with Gasteiger partial charge in [0, 0.05) is 6.54 Å². The van der Waals surface area contributed by atoms with Crippen molar-refractivity contribution in [2.75, 3.05) is 33.4 Å². The van der Waals surface area contributed by atoms with E-state index in [0.29, 0.717) is 11.8 Å². The molecule has 146 valence electrons. The molecule has 27 heavy (non-hydrogen) atoms. The summed E-state index contributed by atoms with van der Waals surface area (Å²) in [6, 6.07) is 17.1. The number of methoxy groups -OCH3 is 1. The highest BCUT2D eigenvalue weighted by Crippen LogP contribution is 2.33. The molecule has 1 fully saturated rings. The summed E-state index contributed by atoms with van der Waals surface area (Å²) in [6.07, 6.45) is 4.05. The predicted molar refractivity (Wildman–Crippen MR) is 112 cm³/mol. The molecule has 1 aliphatic heterocycles. The molecule has 0 aliphatic carbocycles. The molecular formula is C24H33NO2. The maximum absolute atomic E-state index is 5.96. The van der Waals surface area contributed by atoms with Crippen molar-refractivity contribution in [2.45, 2.75) is 44.9 Å². The monoisotopic (exact) mass is 367 g/mol. The summed E-state index contributed by atoms with van der Waals surface area (Å²) in [5.74, 6) is 2.77.